The van der Waals surface area contributed by atoms with E-state index in [2.05, 4.69) is 4.98 Å². The zero-order valence-corrected chi connectivity index (χ0v) is 11.2. The van der Waals surface area contributed by atoms with Gasteiger partial charge in [-0.25, -0.2) is 14.6 Å². The van der Waals surface area contributed by atoms with Crippen molar-refractivity contribution in [3.05, 3.63) is 28.0 Å². The van der Waals surface area contributed by atoms with Crippen molar-refractivity contribution < 1.29 is 24.2 Å². The summed E-state index contributed by atoms with van der Waals surface area (Å²) in [7, 11) is 0. The number of aryl methyl sites for hydroxylation is 2. The maximum atomic E-state index is 11.0. The Morgan fingerprint density at radius 2 is 1.95 bits per heavy atom. The minimum absolute atomic E-state index is 0.0687. The molecule has 0 atom stereocenters. The Balaban J connectivity index is 2.06. The molecule has 0 amide bonds. The summed E-state index contributed by atoms with van der Waals surface area (Å²) in [6.07, 6.45) is 4.26. The van der Waals surface area contributed by atoms with Crippen LogP contribution in [0.15, 0.2) is 10.5 Å². The van der Waals surface area contributed by atoms with E-state index in [1.165, 1.54) is 21.8 Å². The second-order valence-corrected chi connectivity index (χ2v) is 5.71. The molecule has 2 aromatic rings. The van der Waals surface area contributed by atoms with Crippen LogP contribution in [-0.4, -0.2) is 27.1 Å². The van der Waals surface area contributed by atoms with Gasteiger partial charge >= 0.3 is 11.9 Å². The second-order valence-electron chi connectivity index (χ2n) is 4.57. The van der Waals surface area contributed by atoms with E-state index in [-0.39, 0.29) is 5.89 Å². The SMILES string of the molecule is O=C(O)c1nc(-c2cc3c(s2)CCCC3)oc1C(=O)O. The number of fused-ring (bicyclic) bond motifs is 1. The number of carboxylic acid groups (broad SMARTS) is 2. The molecular formula is C13H11NO5S. The molecule has 1 aliphatic carbocycles. The Bertz CT molecular complexity index is 645. The van der Waals surface area contributed by atoms with Crippen LogP contribution in [-0.2, 0) is 12.8 Å². The van der Waals surface area contributed by atoms with Crippen LogP contribution in [0.2, 0.25) is 0 Å². The van der Waals surface area contributed by atoms with Gasteiger partial charge in [0.15, 0.2) is 0 Å². The van der Waals surface area contributed by atoms with Gasteiger partial charge in [-0.2, -0.15) is 0 Å². The third-order valence-corrected chi connectivity index (χ3v) is 4.46. The zero-order chi connectivity index (χ0) is 14.3. The summed E-state index contributed by atoms with van der Waals surface area (Å²) in [6.45, 7) is 0. The molecule has 2 aromatic heterocycles. The number of hydrogen-bond acceptors (Lipinski definition) is 5. The smallest absolute Gasteiger partial charge is 0.374 e. The lowest BCUT2D eigenvalue weighted by Crippen LogP contribution is -2.05. The van der Waals surface area contributed by atoms with Crippen molar-refractivity contribution in [3.63, 3.8) is 0 Å². The highest BCUT2D eigenvalue weighted by molar-refractivity contribution is 7.15. The third-order valence-electron chi connectivity index (χ3n) is 3.23. The van der Waals surface area contributed by atoms with Gasteiger partial charge in [-0.1, -0.05) is 0 Å². The van der Waals surface area contributed by atoms with Gasteiger partial charge in [0.1, 0.15) is 0 Å². The molecule has 0 fully saturated rings. The van der Waals surface area contributed by atoms with E-state index in [1.807, 2.05) is 6.07 Å². The predicted octanol–water partition coefficient (Wildman–Crippen LogP) is 2.68. The fourth-order valence-electron chi connectivity index (χ4n) is 2.31. The van der Waals surface area contributed by atoms with Crippen molar-refractivity contribution in [2.75, 3.05) is 0 Å². The van der Waals surface area contributed by atoms with Gasteiger partial charge in [-0.15, -0.1) is 11.3 Å². The number of aromatic carboxylic acids is 2. The molecule has 2 N–H and O–H groups in total. The van der Waals surface area contributed by atoms with Crippen LogP contribution in [0.4, 0.5) is 0 Å². The highest BCUT2D eigenvalue weighted by Crippen LogP contribution is 2.36. The Labute approximate surface area is 117 Å². The fourth-order valence-corrected chi connectivity index (χ4v) is 3.49. The fraction of sp³-hybridized carbons (Fsp3) is 0.308. The number of nitrogens with zero attached hydrogens (tertiary/aromatic N) is 1. The Morgan fingerprint density at radius 3 is 2.55 bits per heavy atom. The van der Waals surface area contributed by atoms with Crippen molar-refractivity contribution in [1.29, 1.82) is 0 Å². The number of carbonyl (C=O) groups is 2. The molecule has 20 heavy (non-hydrogen) atoms. The summed E-state index contributed by atoms with van der Waals surface area (Å²) in [4.78, 5) is 27.7. The van der Waals surface area contributed by atoms with Crippen molar-refractivity contribution >= 4 is 23.3 Å². The Kier molecular flexibility index (Phi) is 3.06. The monoisotopic (exact) mass is 293 g/mol. The molecule has 104 valence electrons. The molecule has 1 aliphatic rings. The third kappa shape index (κ3) is 2.09. The molecule has 0 radical (unpaired) electrons. The van der Waals surface area contributed by atoms with E-state index < -0.39 is 23.4 Å². The standard InChI is InChI=1S/C13H11NO5S/c15-12(16)9-10(13(17)18)19-11(14-9)8-5-6-3-1-2-4-7(6)20-8/h5H,1-4H2,(H,15,16)(H,17,18). The first-order valence-electron chi connectivity index (χ1n) is 6.15. The molecule has 2 heterocycles. The van der Waals surface area contributed by atoms with Crippen LogP contribution in [0.3, 0.4) is 0 Å². The maximum Gasteiger partial charge on any atom is 0.374 e. The van der Waals surface area contributed by atoms with E-state index in [0.717, 1.165) is 25.7 Å². The number of carboxylic acids is 2. The second kappa shape index (κ2) is 4.75. The number of aromatic nitrogens is 1. The quantitative estimate of drug-likeness (QED) is 0.902. The van der Waals surface area contributed by atoms with Crippen LogP contribution >= 0.6 is 11.3 Å². The molecule has 0 aromatic carbocycles. The van der Waals surface area contributed by atoms with Crippen LogP contribution in [0.1, 0.15) is 44.3 Å². The first-order valence-corrected chi connectivity index (χ1v) is 6.97. The minimum atomic E-state index is -1.43. The number of hydrogen-bond donors (Lipinski definition) is 2. The van der Waals surface area contributed by atoms with Crippen molar-refractivity contribution in [2.24, 2.45) is 0 Å². The van der Waals surface area contributed by atoms with Crippen molar-refractivity contribution in [3.8, 4) is 10.8 Å². The normalized spacial score (nSPS) is 14.0. The molecule has 0 bridgehead atoms. The molecule has 7 heteroatoms. The van der Waals surface area contributed by atoms with Gasteiger partial charge in [0, 0.05) is 4.88 Å². The summed E-state index contributed by atoms with van der Waals surface area (Å²) < 4.78 is 5.12. The van der Waals surface area contributed by atoms with Gasteiger partial charge in [-0.05, 0) is 37.3 Å². The van der Waals surface area contributed by atoms with Crippen LogP contribution in [0, 0.1) is 0 Å². The topological polar surface area (TPSA) is 101 Å². The average molecular weight is 293 g/mol. The van der Waals surface area contributed by atoms with Gasteiger partial charge in [0.2, 0.25) is 17.3 Å². The van der Waals surface area contributed by atoms with Gasteiger partial charge in [0.25, 0.3) is 0 Å². The highest BCUT2D eigenvalue weighted by Gasteiger charge is 2.26. The molecule has 0 saturated carbocycles. The van der Waals surface area contributed by atoms with Crippen molar-refractivity contribution in [1.82, 2.24) is 4.98 Å². The van der Waals surface area contributed by atoms with E-state index in [9.17, 15) is 9.59 Å². The maximum absolute atomic E-state index is 11.0. The summed E-state index contributed by atoms with van der Waals surface area (Å²) in [5.41, 5.74) is 0.669. The predicted molar refractivity (Wildman–Crippen MR) is 70.4 cm³/mol. The lowest BCUT2D eigenvalue weighted by atomic mass is 9.99. The van der Waals surface area contributed by atoms with E-state index in [4.69, 9.17) is 14.6 Å². The minimum Gasteiger partial charge on any atom is -0.476 e. The molecule has 3 rings (SSSR count). The molecule has 6 nitrogen and oxygen atoms in total. The number of thiophene rings is 1. The van der Waals surface area contributed by atoms with Crippen molar-refractivity contribution in [2.45, 2.75) is 25.7 Å². The average Bonchev–Trinajstić information content (AvgIpc) is 3.02. The first-order chi connectivity index (χ1) is 9.56. The first kappa shape index (κ1) is 12.9. The summed E-state index contributed by atoms with van der Waals surface area (Å²) >= 11 is 1.49. The molecule has 0 saturated heterocycles. The zero-order valence-electron chi connectivity index (χ0n) is 10.4. The van der Waals surface area contributed by atoms with Crippen LogP contribution < -0.4 is 0 Å². The molecular weight excluding hydrogens is 282 g/mol. The molecule has 0 spiro atoms. The summed E-state index contributed by atoms with van der Waals surface area (Å²) in [5.74, 6) is -3.39. The highest BCUT2D eigenvalue weighted by atomic mass is 32.1. The van der Waals surface area contributed by atoms with Crippen LogP contribution in [0.5, 0.6) is 0 Å². The van der Waals surface area contributed by atoms with Gasteiger partial charge in [0.05, 0.1) is 4.88 Å². The largest absolute Gasteiger partial charge is 0.476 e. The lowest BCUT2D eigenvalue weighted by Gasteiger charge is -2.08. The number of oxazole rings is 1. The van der Waals surface area contributed by atoms with E-state index >= 15 is 0 Å². The van der Waals surface area contributed by atoms with E-state index in [1.54, 1.807) is 0 Å². The summed E-state index contributed by atoms with van der Waals surface area (Å²) in [5, 5.41) is 17.9. The number of rotatable bonds is 3. The summed E-state index contributed by atoms with van der Waals surface area (Å²) in [6, 6.07) is 1.92. The molecule has 0 unspecified atom stereocenters. The van der Waals surface area contributed by atoms with Gasteiger partial charge in [-0.3, -0.25) is 0 Å². The Morgan fingerprint density at radius 1 is 1.20 bits per heavy atom. The van der Waals surface area contributed by atoms with Crippen LogP contribution in [0.25, 0.3) is 10.8 Å². The lowest BCUT2D eigenvalue weighted by molar-refractivity contribution is 0.0624. The van der Waals surface area contributed by atoms with E-state index in [0.29, 0.717) is 4.88 Å². The molecule has 0 aliphatic heterocycles. The Hall–Kier alpha value is -2.15. The van der Waals surface area contributed by atoms with Gasteiger partial charge < -0.3 is 14.6 Å².